The van der Waals surface area contributed by atoms with Gasteiger partial charge < -0.3 is 20.3 Å². The summed E-state index contributed by atoms with van der Waals surface area (Å²) >= 11 is 0. The van der Waals surface area contributed by atoms with E-state index in [2.05, 4.69) is 15.6 Å². The lowest BCUT2D eigenvalue weighted by atomic mass is 10.2. The summed E-state index contributed by atoms with van der Waals surface area (Å²) in [5.74, 6) is 0.436. The summed E-state index contributed by atoms with van der Waals surface area (Å²) in [5, 5.41) is 5.06. The van der Waals surface area contributed by atoms with Crippen molar-refractivity contribution in [1.82, 2.24) is 19.9 Å². The minimum Gasteiger partial charge on any atom is -0.494 e. The van der Waals surface area contributed by atoms with Crippen molar-refractivity contribution in [1.29, 1.82) is 0 Å². The van der Waals surface area contributed by atoms with Crippen LogP contribution in [0.25, 0.3) is 0 Å². The number of rotatable bonds is 10. The van der Waals surface area contributed by atoms with E-state index >= 15 is 0 Å². The zero-order valence-electron chi connectivity index (χ0n) is 18.6. The molecule has 1 aromatic carbocycles. The number of nitrogens with one attached hydrogen (secondary N) is 2. The highest BCUT2D eigenvalue weighted by molar-refractivity contribution is 7.89. The molecule has 1 aromatic heterocycles. The number of benzene rings is 1. The van der Waals surface area contributed by atoms with E-state index in [9.17, 15) is 18.0 Å². The van der Waals surface area contributed by atoms with Crippen molar-refractivity contribution in [2.45, 2.75) is 6.92 Å². The number of sulfonamides is 1. The number of pyridine rings is 1. The summed E-state index contributed by atoms with van der Waals surface area (Å²) in [5.41, 5.74) is 0.402. The zero-order valence-corrected chi connectivity index (χ0v) is 19.4. The van der Waals surface area contributed by atoms with Gasteiger partial charge >= 0.3 is 0 Å². The van der Waals surface area contributed by atoms with Crippen molar-refractivity contribution in [3.05, 3.63) is 54.2 Å². The second kappa shape index (κ2) is 11.6. The van der Waals surface area contributed by atoms with Gasteiger partial charge in [-0.3, -0.25) is 9.59 Å². The molecule has 1 aliphatic rings. The maximum Gasteiger partial charge on any atom is 0.251 e. The number of carbonyl (C=O) groups excluding carboxylic acids is 2. The lowest BCUT2D eigenvalue weighted by Crippen LogP contribution is -2.50. The van der Waals surface area contributed by atoms with Crippen LogP contribution in [-0.2, 0) is 14.8 Å². The van der Waals surface area contributed by atoms with Gasteiger partial charge in [0.05, 0.1) is 18.9 Å². The monoisotopic (exact) mass is 475 g/mol. The molecule has 2 N–H and O–H groups in total. The third-order valence-corrected chi connectivity index (χ3v) is 7.00. The van der Waals surface area contributed by atoms with Crippen molar-refractivity contribution in [2.75, 3.05) is 56.5 Å². The zero-order chi connectivity index (χ0) is 23.7. The van der Waals surface area contributed by atoms with E-state index in [0.717, 1.165) is 5.82 Å². The number of anilines is 1. The quantitative estimate of drug-likeness (QED) is 0.513. The van der Waals surface area contributed by atoms with Crippen LogP contribution in [0.15, 0.2) is 48.7 Å². The predicted octanol–water partition coefficient (Wildman–Crippen LogP) is 0.478. The van der Waals surface area contributed by atoms with E-state index in [1.54, 1.807) is 30.5 Å². The van der Waals surface area contributed by atoms with Gasteiger partial charge in [0.15, 0.2) is 0 Å². The molecule has 1 fully saturated rings. The molecule has 0 bridgehead atoms. The molecule has 0 spiro atoms. The maximum absolute atomic E-state index is 12.6. The first-order chi connectivity index (χ1) is 15.9. The molecule has 0 radical (unpaired) electrons. The van der Waals surface area contributed by atoms with Crippen LogP contribution in [0.4, 0.5) is 5.82 Å². The first-order valence-electron chi connectivity index (χ1n) is 10.8. The van der Waals surface area contributed by atoms with Crippen LogP contribution < -0.4 is 20.3 Å². The topological polar surface area (TPSA) is 121 Å². The normalized spacial score (nSPS) is 14.5. The summed E-state index contributed by atoms with van der Waals surface area (Å²) in [6, 6.07) is 12.2. The fourth-order valence-corrected chi connectivity index (χ4v) is 4.72. The van der Waals surface area contributed by atoms with Gasteiger partial charge in [0.1, 0.15) is 11.6 Å². The Labute approximate surface area is 194 Å². The van der Waals surface area contributed by atoms with Gasteiger partial charge in [-0.05, 0) is 43.3 Å². The van der Waals surface area contributed by atoms with Gasteiger partial charge in [0.2, 0.25) is 15.9 Å². The summed E-state index contributed by atoms with van der Waals surface area (Å²) in [6.07, 6.45) is 1.71. The van der Waals surface area contributed by atoms with E-state index in [-0.39, 0.29) is 18.8 Å². The molecule has 2 aromatic rings. The predicted molar refractivity (Wildman–Crippen MR) is 125 cm³/mol. The molecule has 1 aliphatic heterocycles. The largest absolute Gasteiger partial charge is 0.494 e. The number of carbonyl (C=O) groups is 2. The van der Waals surface area contributed by atoms with Crippen LogP contribution in [0, 0.1) is 0 Å². The van der Waals surface area contributed by atoms with Crippen molar-refractivity contribution < 1.29 is 22.7 Å². The summed E-state index contributed by atoms with van der Waals surface area (Å²) < 4.78 is 32.0. The number of aromatic nitrogens is 1. The molecule has 3 rings (SSSR count). The van der Waals surface area contributed by atoms with E-state index in [1.165, 1.54) is 4.31 Å². The third-order valence-electron chi connectivity index (χ3n) is 5.12. The molecule has 178 valence electrons. The van der Waals surface area contributed by atoms with Gasteiger partial charge in [-0.15, -0.1) is 0 Å². The Kier molecular flexibility index (Phi) is 8.61. The van der Waals surface area contributed by atoms with E-state index in [1.807, 2.05) is 30.0 Å². The summed E-state index contributed by atoms with van der Waals surface area (Å²) in [4.78, 5) is 30.5. The van der Waals surface area contributed by atoms with Gasteiger partial charge in [-0.1, -0.05) is 6.07 Å². The highest BCUT2D eigenvalue weighted by Gasteiger charge is 2.27. The van der Waals surface area contributed by atoms with Crippen LogP contribution in [-0.4, -0.2) is 81.1 Å². The molecule has 2 heterocycles. The Morgan fingerprint density at radius 1 is 1.03 bits per heavy atom. The maximum atomic E-state index is 12.6. The molecular weight excluding hydrogens is 446 g/mol. The number of hydrogen-bond acceptors (Lipinski definition) is 7. The Balaban J connectivity index is 1.37. The van der Waals surface area contributed by atoms with Crippen molar-refractivity contribution in [3.8, 4) is 5.75 Å². The standard InChI is InChI=1S/C22H29N5O5S/c1-2-32-19-8-6-18(7-9-19)22(29)25-17-21(28)24-11-16-33(30,31)27-14-12-26(13-15-27)20-5-3-4-10-23-20/h3-10H,2,11-17H2,1H3,(H,24,28)(H,25,29). The highest BCUT2D eigenvalue weighted by atomic mass is 32.2. The number of ether oxygens (including phenoxy) is 1. The number of piperazine rings is 1. The molecule has 33 heavy (non-hydrogen) atoms. The summed E-state index contributed by atoms with van der Waals surface area (Å²) in [7, 11) is -3.50. The van der Waals surface area contributed by atoms with Crippen LogP contribution in [0.2, 0.25) is 0 Å². The fourth-order valence-electron chi connectivity index (χ4n) is 3.38. The van der Waals surface area contributed by atoms with E-state index in [0.29, 0.717) is 44.1 Å². The second-order valence-corrected chi connectivity index (χ2v) is 9.47. The molecule has 0 aliphatic carbocycles. The van der Waals surface area contributed by atoms with E-state index < -0.39 is 21.8 Å². The SMILES string of the molecule is CCOc1ccc(C(=O)NCC(=O)NCCS(=O)(=O)N2CCN(c3ccccn3)CC2)cc1. The Bertz CT molecular complexity index is 1020. The molecular formula is C22H29N5O5S. The average Bonchev–Trinajstić information content (AvgIpc) is 2.84. The van der Waals surface area contributed by atoms with Crippen molar-refractivity contribution in [2.24, 2.45) is 0 Å². The van der Waals surface area contributed by atoms with Crippen LogP contribution in [0.1, 0.15) is 17.3 Å². The number of nitrogens with zero attached hydrogens (tertiary/aromatic N) is 3. The van der Waals surface area contributed by atoms with Crippen molar-refractivity contribution in [3.63, 3.8) is 0 Å². The first-order valence-corrected chi connectivity index (χ1v) is 12.4. The van der Waals surface area contributed by atoms with Gasteiger partial charge in [0.25, 0.3) is 5.91 Å². The van der Waals surface area contributed by atoms with Crippen LogP contribution >= 0.6 is 0 Å². The second-order valence-electron chi connectivity index (χ2n) is 7.38. The van der Waals surface area contributed by atoms with Gasteiger partial charge in [-0.2, -0.15) is 4.31 Å². The van der Waals surface area contributed by atoms with Crippen LogP contribution in [0.3, 0.4) is 0 Å². The first kappa shape index (κ1) is 24.5. The molecule has 1 saturated heterocycles. The molecule has 10 nitrogen and oxygen atoms in total. The molecule has 2 amide bonds. The fraction of sp³-hybridized carbons (Fsp3) is 0.409. The summed E-state index contributed by atoms with van der Waals surface area (Å²) in [6.45, 7) is 3.97. The molecule has 0 saturated carbocycles. The smallest absolute Gasteiger partial charge is 0.251 e. The Morgan fingerprint density at radius 2 is 1.76 bits per heavy atom. The number of hydrogen-bond donors (Lipinski definition) is 2. The molecule has 0 atom stereocenters. The molecule has 11 heteroatoms. The minimum absolute atomic E-state index is 0.0272. The lowest BCUT2D eigenvalue weighted by Gasteiger charge is -2.34. The van der Waals surface area contributed by atoms with Gasteiger partial charge in [-0.25, -0.2) is 13.4 Å². The number of amides is 2. The van der Waals surface area contributed by atoms with E-state index in [4.69, 9.17) is 4.74 Å². The van der Waals surface area contributed by atoms with Gasteiger partial charge in [0, 0.05) is 44.5 Å². The minimum atomic E-state index is -3.50. The van der Waals surface area contributed by atoms with Crippen molar-refractivity contribution >= 4 is 27.7 Å². The molecule has 0 unspecified atom stereocenters. The Morgan fingerprint density at radius 3 is 2.39 bits per heavy atom. The third kappa shape index (κ3) is 7.16. The van der Waals surface area contributed by atoms with Crippen LogP contribution in [0.5, 0.6) is 5.75 Å². The average molecular weight is 476 g/mol. The lowest BCUT2D eigenvalue weighted by molar-refractivity contribution is -0.120. The highest BCUT2D eigenvalue weighted by Crippen LogP contribution is 2.15. The Hall–Kier alpha value is -3.18.